The van der Waals surface area contributed by atoms with Crippen molar-refractivity contribution in [2.24, 2.45) is 0 Å². The van der Waals surface area contributed by atoms with Crippen LogP contribution in [0.25, 0.3) is 0 Å². The Bertz CT molecular complexity index is 366. The summed E-state index contributed by atoms with van der Waals surface area (Å²) >= 11 is 0. The van der Waals surface area contributed by atoms with Crippen LogP contribution in [0, 0.1) is 0 Å². The molecular formula is C12H19NO4. The molecule has 96 valence electrons. The van der Waals surface area contributed by atoms with Gasteiger partial charge in [0.15, 0.2) is 11.5 Å². The number of rotatable bonds is 6. The molecule has 0 aliphatic carbocycles. The topological polar surface area (TPSA) is 82.0 Å². The molecule has 0 radical (unpaired) electrons. The van der Waals surface area contributed by atoms with Gasteiger partial charge in [0.1, 0.15) is 0 Å². The number of nitrogens with one attached hydrogen (secondary N) is 1. The highest BCUT2D eigenvalue weighted by molar-refractivity contribution is 5.52. The van der Waals surface area contributed by atoms with Crippen LogP contribution in [0.15, 0.2) is 12.1 Å². The van der Waals surface area contributed by atoms with Crippen molar-refractivity contribution in [2.45, 2.75) is 26.5 Å². The predicted octanol–water partition coefficient (Wildman–Crippen LogP) is 1.32. The fraction of sp³-hybridized carbons (Fsp3) is 0.500. The SMILES string of the molecule is CC(C)OCCNCc1ccc(O)c(O)c1O. The molecule has 4 N–H and O–H groups in total. The molecule has 0 bridgehead atoms. The number of aromatic hydroxyl groups is 3. The Morgan fingerprint density at radius 2 is 1.88 bits per heavy atom. The van der Waals surface area contributed by atoms with Crippen molar-refractivity contribution >= 4 is 0 Å². The Morgan fingerprint density at radius 1 is 1.18 bits per heavy atom. The predicted molar refractivity (Wildman–Crippen MR) is 64.2 cm³/mol. The van der Waals surface area contributed by atoms with Crippen molar-refractivity contribution < 1.29 is 20.1 Å². The van der Waals surface area contributed by atoms with Gasteiger partial charge in [0, 0.05) is 18.7 Å². The van der Waals surface area contributed by atoms with Crippen LogP contribution in [0.2, 0.25) is 0 Å². The third-order valence-corrected chi connectivity index (χ3v) is 2.26. The van der Waals surface area contributed by atoms with Crippen molar-refractivity contribution in [3.63, 3.8) is 0 Å². The van der Waals surface area contributed by atoms with Crippen molar-refractivity contribution in [3.05, 3.63) is 17.7 Å². The molecule has 0 spiro atoms. The zero-order chi connectivity index (χ0) is 12.8. The van der Waals surface area contributed by atoms with Crippen molar-refractivity contribution in [3.8, 4) is 17.2 Å². The summed E-state index contributed by atoms with van der Waals surface area (Å²) in [6.07, 6.45) is 0.197. The quantitative estimate of drug-likeness (QED) is 0.446. The number of phenolic OH excluding ortho intramolecular Hbond substituents is 3. The van der Waals surface area contributed by atoms with Crippen LogP contribution in [0.1, 0.15) is 19.4 Å². The molecule has 0 atom stereocenters. The standard InChI is InChI=1S/C12H19NO4/c1-8(2)17-6-5-13-7-9-3-4-10(14)12(16)11(9)15/h3-4,8,13-16H,5-7H2,1-2H3. The first-order valence-electron chi connectivity index (χ1n) is 5.57. The van der Waals surface area contributed by atoms with Crippen molar-refractivity contribution in [1.82, 2.24) is 5.32 Å². The van der Waals surface area contributed by atoms with E-state index in [2.05, 4.69) is 5.32 Å². The van der Waals surface area contributed by atoms with E-state index in [4.69, 9.17) is 9.84 Å². The summed E-state index contributed by atoms with van der Waals surface area (Å²) in [5.74, 6) is -1.10. The number of benzene rings is 1. The summed E-state index contributed by atoms with van der Waals surface area (Å²) < 4.78 is 5.34. The van der Waals surface area contributed by atoms with E-state index in [-0.39, 0.29) is 17.6 Å². The Balaban J connectivity index is 2.40. The van der Waals surface area contributed by atoms with Gasteiger partial charge in [-0.15, -0.1) is 0 Å². The molecule has 0 saturated carbocycles. The maximum absolute atomic E-state index is 9.54. The molecular weight excluding hydrogens is 222 g/mol. The molecule has 0 aliphatic rings. The molecule has 0 amide bonds. The second kappa shape index (κ2) is 6.32. The fourth-order valence-corrected chi connectivity index (χ4v) is 1.34. The van der Waals surface area contributed by atoms with E-state index in [0.29, 0.717) is 25.3 Å². The number of phenols is 3. The minimum absolute atomic E-state index is 0.197. The van der Waals surface area contributed by atoms with Crippen LogP contribution in [0.3, 0.4) is 0 Å². The van der Waals surface area contributed by atoms with E-state index in [9.17, 15) is 10.2 Å². The highest BCUT2D eigenvalue weighted by Crippen LogP contribution is 2.36. The minimum atomic E-state index is -0.484. The number of ether oxygens (including phenoxy) is 1. The second-order valence-electron chi connectivity index (χ2n) is 4.04. The molecule has 0 fully saturated rings. The molecule has 0 saturated heterocycles. The summed E-state index contributed by atoms with van der Waals surface area (Å²) in [6, 6.07) is 2.90. The van der Waals surface area contributed by atoms with E-state index < -0.39 is 5.75 Å². The van der Waals surface area contributed by atoms with Gasteiger partial charge in [-0.2, -0.15) is 0 Å². The average Bonchev–Trinajstić information content (AvgIpc) is 2.28. The molecule has 0 heterocycles. The largest absolute Gasteiger partial charge is 0.504 e. The van der Waals surface area contributed by atoms with Gasteiger partial charge in [0.05, 0.1) is 12.7 Å². The average molecular weight is 241 g/mol. The number of hydrogen-bond acceptors (Lipinski definition) is 5. The van der Waals surface area contributed by atoms with Crippen LogP contribution in [0.5, 0.6) is 17.2 Å². The zero-order valence-electron chi connectivity index (χ0n) is 10.1. The summed E-state index contributed by atoms with van der Waals surface area (Å²) in [5.41, 5.74) is 0.532. The Hall–Kier alpha value is -1.46. The molecule has 0 aromatic heterocycles. The molecule has 5 heteroatoms. The first-order valence-corrected chi connectivity index (χ1v) is 5.57. The molecule has 0 unspecified atom stereocenters. The van der Waals surface area contributed by atoms with Crippen LogP contribution in [0.4, 0.5) is 0 Å². The van der Waals surface area contributed by atoms with Gasteiger partial charge in [0.2, 0.25) is 5.75 Å². The van der Waals surface area contributed by atoms with Crippen LogP contribution in [-0.2, 0) is 11.3 Å². The first kappa shape index (κ1) is 13.6. The van der Waals surface area contributed by atoms with Crippen LogP contribution in [-0.4, -0.2) is 34.6 Å². The lowest BCUT2D eigenvalue weighted by atomic mass is 10.1. The lowest BCUT2D eigenvalue weighted by molar-refractivity contribution is 0.0807. The smallest absolute Gasteiger partial charge is 0.200 e. The molecule has 0 aliphatic heterocycles. The maximum Gasteiger partial charge on any atom is 0.200 e. The van der Waals surface area contributed by atoms with E-state index in [1.165, 1.54) is 6.07 Å². The van der Waals surface area contributed by atoms with Gasteiger partial charge in [-0.05, 0) is 19.9 Å². The van der Waals surface area contributed by atoms with Crippen LogP contribution >= 0.6 is 0 Å². The van der Waals surface area contributed by atoms with Gasteiger partial charge in [-0.3, -0.25) is 0 Å². The van der Waals surface area contributed by atoms with Gasteiger partial charge >= 0.3 is 0 Å². The minimum Gasteiger partial charge on any atom is -0.504 e. The molecule has 5 nitrogen and oxygen atoms in total. The second-order valence-corrected chi connectivity index (χ2v) is 4.04. The zero-order valence-corrected chi connectivity index (χ0v) is 10.1. The molecule has 1 aromatic rings. The maximum atomic E-state index is 9.54. The highest BCUT2D eigenvalue weighted by atomic mass is 16.5. The lowest BCUT2D eigenvalue weighted by Gasteiger charge is -2.10. The van der Waals surface area contributed by atoms with E-state index in [1.807, 2.05) is 13.8 Å². The Morgan fingerprint density at radius 3 is 2.53 bits per heavy atom. The van der Waals surface area contributed by atoms with Gasteiger partial charge in [-0.25, -0.2) is 0 Å². The Labute approximate surface area is 101 Å². The van der Waals surface area contributed by atoms with E-state index in [0.717, 1.165) is 0 Å². The molecule has 1 aromatic carbocycles. The lowest BCUT2D eigenvalue weighted by Crippen LogP contribution is -2.20. The van der Waals surface area contributed by atoms with Crippen molar-refractivity contribution in [1.29, 1.82) is 0 Å². The van der Waals surface area contributed by atoms with Gasteiger partial charge < -0.3 is 25.4 Å². The fourth-order valence-electron chi connectivity index (χ4n) is 1.34. The Kier molecular flexibility index (Phi) is 5.06. The van der Waals surface area contributed by atoms with Gasteiger partial charge in [0.25, 0.3) is 0 Å². The van der Waals surface area contributed by atoms with Gasteiger partial charge in [-0.1, -0.05) is 6.07 Å². The van der Waals surface area contributed by atoms with Crippen molar-refractivity contribution in [2.75, 3.05) is 13.2 Å². The highest BCUT2D eigenvalue weighted by Gasteiger charge is 2.10. The van der Waals surface area contributed by atoms with E-state index in [1.54, 1.807) is 6.07 Å². The summed E-state index contributed by atoms with van der Waals surface area (Å²) in [4.78, 5) is 0. The van der Waals surface area contributed by atoms with Crippen LogP contribution < -0.4 is 5.32 Å². The normalized spacial score (nSPS) is 11.0. The monoisotopic (exact) mass is 241 g/mol. The first-order chi connectivity index (χ1) is 8.02. The molecule has 17 heavy (non-hydrogen) atoms. The van der Waals surface area contributed by atoms with E-state index >= 15 is 0 Å². The summed E-state index contributed by atoms with van der Waals surface area (Å²) in [7, 11) is 0. The third-order valence-electron chi connectivity index (χ3n) is 2.26. The summed E-state index contributed by atoms with van der Waals surface area (Å²) in [5, 5.41) is 31.1. The third kappa shape index (κ3) is 4.13. The molecule has 1 rings (SSSR count). The summed E-state index contributed by atoms with van der Waals surface area (Å²) in [6.45, 7) is 5.57. The number of hydrogen-bond donors (Lipinski definition) is 4.